The van der Waals surface area contributed by atoms with Crippen LogP contribution in [0.15, 0.2) is 40.0 Å². The van der Waals surface area contributed by atoms with Crippen molar-refractivity contribution >= 4 is 17.7 Å². The number of hydrogen-bond donors (Lipinski definition) is 2. The standard InChI is InChI=1S/C12H14N4O2S/c13-9(6-8-4-2-1-3-5-8)11-15-16-12(18-11)19-7-10(14)17/h1-5,9H,6-7,13H2,(H2,14,17)/p+1. The summed E-state index contributed by atoms with van der Waals surface area (Å²) in [5.41, 5.74) is 10.2. The van der Waals surface area contributed by atoms with E-state index in [2.05, 4.69) is 15.9 Å². The van der Waals surface area contributed by atoms with E-state index in [1.807, 2.05) is 30.3 Å². The smallest absolute Gasteiger partial charge is 0.277 e. The number of hydrogen-bond acceptors (Lipinski definition) is 5. The summed E-state index contributed by atoms with van der Waals surface area (Å²) < 4.78 is 5.44. The number of carbonyl (C=O) groups excluding carboxylic acids is 1. The van der Waals surface area contributed by atoms with Crippen molar-refractivity contribution in [2.75, 3.05) is 5.75 Å². The minimum atomic E-state index is -0.416. The lowest BCUT2D eigenvalue weighted by molar-refractivity contribution is -0.431. The van der Waals surface area contributed by atoms with E-state index in [0.29, 0.717) is 11.1 Å². The van der Waals surface area contributed by atoms with Gasteiger partial charge in [-0.15, -0.1) is 10.2 Å². The lowest BCUT2D eigenvalue weighted by atomic mass is 10.1. The first-order valence-corrected chi connectivity index (χ1v) is 6.75. The summed E-state index contributed by atoms with van der Waals surface area (Å²) in [6.45, 7) is 0. The van der Waals surface area contributed by atoms with E-state index >= 15 is 0 Å². The van der Waals surface area contributed by atoms with Crippen molar-refractivity contribution in [3.63, 3.8) is 0 Å². The van der Waals surface area contributed by atoms with Crippen molar-refractivity contribution in [3.8, 4) is 0 Å². The Morgan fingerprint density at radius 2 is 2.11 bits per heavy atom. The van der Waals surface area contributed by atoms with Gasteiger partial charge in [0.05, 0.1) is 5.75 Å². The minimum Gasteiger partial charge on any atom is -0.410 e. The highest BCUT2D eigenvalue weighted by Gasteiger charge is 2.18. The van der Waals surface area contributed by atoms with Crippen LogP contribution in [-0.2, 0) is 11.2 Å². The van der Waals surface area contributed by atoms with Crippen LogP contribution in [0, 0.1) is 0 Å². The molecule has 1 heterocycles. The third kappa shape index (κ3) is 4.08. The lowest BCUT2D eigenvalue weighted by Crippen LogP contribution is -2.54. The maximum Gasteiger partial charge on any atom is 0.277 e. The molecule has 6 nitrogen and oxygen atoms in total. The fourth-order valence-corrected chi connectivity index (χ4v) is 2.07. The van der Waals surface area contributed by atoms with Crippen molar-refractivity contribution in [1.29, 1.82) is 0 Å². The first-order chi connectivity index (χ1) is 9.15. The average Bonchev–Trinajstić information content (AvgIpc) is 2.86. The van der Waals surface area contributed by atoms with Gasteiger partial charge in [-0.2, -0.15) is 0 Å². The van der Waals surface area contributed by atoms with Crippen molar-refractivity contribution in [3.05, 3.63) is 41.8 Å². The molecule has 7 heteroatoms. The van der Waals surface area contributed by atoms with Crippen LogP contribution in [0.4, 0.5) is 0 Å². The molecule has 19 heavy (non-hydrogen) atoms. The van der Waals surface area contributed by atoms with Crippen molar-refractivity contribution in [2.45, 2.75) is 17.7 Å². The van der Waals surface area contributed by atoms with Gasteiger partial charge in [0.2, 0.25) is 5.91 Å². The van der Waals surface area contributed by atoms with Crippen LogP contribution in [0.2, 0.25) is 0 Å². The van der Waals surface area contributed by atoms with Crippen LogP contribution >= 0.6 is 11.8 Å². The zero-order valence-electron chi connectivity index (χ0n) is 10.3. The van der Waals surface area contributed by atoms with E-state index < -0.39 is 5.91 Å². The number of nitrogens with zero attached hydrogens (tertiary/aromatic N) is 2. The lowest BCUT2D eigenvalue weighted by Gasteiger charge is -2.03. The minimum absolute atomic E-state index is 0.113. The Bertz CT molecular complexity index is 544. The highest BCUT2D eigenvalue weighted by atomic mass is 32.2. The summed E-state index contributed by atoms with van der Waals surface area (Å²) in [6.07, 6.45) is 0.725. The number of rotatable bonds is 6. The van der Waals surface area contributed by atoms with Crippen molar-refractivity contribution in [1.82, 2.24) is 10.2 Å². The van der Waals surface area contributed by atoms with Gasteiger partial charge >= 0.3 is 0 Å². The highest BCUT2D eigenvalue weighted by Crippen LogP contribution is 2.19. The predicted octanol–water partition coefficient (Wildman–Crippen LogP) is 0.173. The average molecular weight is 279 g/mol. The Balaban J connectivity index is 1.96. The SMILES string of the molecule is NC(=O)CSc1nnc(C([NH3+])Cc2ccccc2)o1. The van der Waals surface area contributed by atoms with Gasteiger partial charge in [0.15, 0.2) is 6.04 Å². The largest absolute Gasteiger partial charge is 0.410 e. The van der Waals surface area contributed by atoms with Gasteiger partial charge in [0.1, 0.15) is 0 Å². The molecule has 5 N–H and O–H groups in total. The van der Waals surface area contributed by atoms with E-state index in [4.69, 9.17) is 10.2 Å². The van der Waals surface area contributed by atoms with E-state index in [9.17, 15) is 4.79 Å². The molecule has 0 bridgehead atoms. The third-order valence-corrected chi connectivity index (χ3v) is 3.27. The maximum atomic E-state index is 10.7. The number of benzene rings is 1. The summed E-state index contributed by atoms with van der Waals surface area (Å²) in [7, 11) is 0. The number of primary amides is 1. The molecule has 1 aromatic carbocycles. The predicted molar refractivity (Wildman–Crippen MR) is 70.0 cm³/mol. The van der Waals surface area contributed by atoms with Crippen molar-refractivity contribution in [2.24, 2.45) is 5.73 Å². The van der Waals surface area contributed by atoms with Gasteiger partial charge < -0.3 is 15.9 Å². The molecule has 0 aliphatic heterocycles. The quantitative estimate of drug-likeness (QED) is 0.733. The Labute approximate surface area is 114 Å². The zero-order valence-corrected chi connectivity index (χ0v) is 11.1. The fraction of sp³-hybridized carbons (Fsp3) is 0.250. The molecule has 1 atom stereocenters. The summed E-state index contributed by atoms with van der Waals surface area (Å²) in [5, 5.41) is 8.13. The van der Waals surface area contributed by atoms with E-state index in [0.717, 1.165) is 23.7 Å². The molecule has 1 amide bonds. The molecule has 0 radical (unpaired) electrons. The molecule has 1 aromatic heterocycles. The Morgan fingerprint density at radius 1 is 1.37 bits per heavy atom. The number of thioether (sulfide) groups is 1. The van der Waals surface area contributed by atoms with Gasteiger partial charge in [-0.25, -0.2) is 0 Å². The van der Waals surface area contributed by atoms with Crippen LogP contribution in [0.5, 0.6) is 0 Å². The summed E-state index contributed by atoms with van der Waals surface area (Å²) >= 11 is 1.13. The second-order valence-corrected chi connectivity index (χ2v) is 4.97. The van der Waals surface area contributed by atoms with Gasteiger partial charge in [0, 0.05) is 6.42 Å². The van der Waals surface area contributed by atoms with Gasteiger partial charge in [-0.1, -0.05) is 42.1 Å². The van der Waals surface area contributed by atoms with Crippen LogP contribution < -0.4 is 11.5 Å². The molecule has 0 saturated heterocycles. The fourth-order valence-electron chi connectivity index (χ4n) is 1.56. The third-order valence-electron chi connectivity index (χ3n) is 2.43. The molecule has 0 spiro atoms. The van der Waals surface area contributed by atoms with Crippen LogP contribution in [0.1, 0.15) is 17.5 Å². The molecular formula is C12H15N4O2S+. The van der Waals surface area contributed by atoms with Crippen LogP contribution in [0.25, 0.3) is 0 Å². The second-order valence-electron chi connectivity index (χ2n) is 4.05. The monoisotopic (exact) mass is 279 g/mol. The van der Waals surface area contributed by atoms with E-state index in [1.54, 1.807) is 0 Å². The first kappa shape index (κ1) is 13.6. The molecule has 0 aliphatic carbocycles. The van der Waals surface area contributed by atoms with Crippen LogP contribution in [-0.4, -0.2) is 21.9 Å². The van der Waals surface area contributed by atoms with Crippen molar-refractivity contribution < 1.29 is 14.9 Å². The zero-order chi connectivity index (χ0) is 13.7. The summed E-state index contributed by atoms with van der Waals surface area (Å²) in [4.78, 5) is 10.7. The number of quaternary nitrogens is 1. The van der Waals surface area contributed by atoms with E-state index in [1.165, 1.54) is 0 Å². The van der Waals surface area contributed by atoms with Gasteiger partial charge in [-0.05, 0) is 5.56 Å². The molecule has 0 fully saturated rings. The number of aromatic nitrogens is 2. The Hall–Kier alpha value is -1.86. The topological polar surface area (TPSA) is 110 Å². The maximum absolute atomic E-state index is 10.7. The highest BCUT2D eigenvalue weighted by molar-refractivity contribution is 7.99. The number of carbonyl (C=O) groups is 1. The second kappa shape index (κ2) is 6.35. The van der Waals surface area contributed by atoms with Gasteiger partial charge in [0.25, 0.3) is 11.1 Å². The molecule has 1 unspecified atom stereocenters. The summed E-state index contributed by atoms with van der Waals surface area (Å²) in [6, 6.07) is 9.85. The molecule has 2 aromatic rings. The Kier molecular flexibility index (Phi) is 4.53. The molecule has 0 aliphatic rings. The van der Waals surface area contributed by atoms with E-state index in [-0.39, 0.29) is 11.8 Å². The summed E-state index contributed by atoms with van der Waals surface area (Å²) in [5.74, 6) is 0.179. The van der Waals surface area contributed by atoms with Crippen LogP contribution in [0.3, 0.4) is 0 Å². The van der Waals surface area contributed by atoms with Gasteiger partial charge in [-0.3, -0.25) is 4.79 Å². The molecule has 0 saturated carbocycles. The normalized spacial score (nSPS) is 12.3. The molecule has 100 valence electrons. The Morgan fingerprint density at radius 3 is 2.79 bits per heavy atom. The molecule has 2 rings (SSSR count). The first-order valence-electron chi connectivity index (χ1n) is 5.76. The number of amides is 1. The number of nitrogens with two attached hydrogens (primary N) is 1. The molecular weight excluding hydrogens is 264 g/mol.